The Balaban J connectivity index is 1.69. The third-order valence-electron chi connectivity index (χ3n) is 9.22. The van der Waals surface area contributed by atoms with Gasteiger partial charge in [-0.25, -0.2) is 8.42 Å². The van der Waals surface area contributed by atoms with Crippen LogP contribution in [0.3, 0.4) is 0 Å². The topological polar surface area (TPSA) is 81.9 Å². The van der Waals surface area contributed by atoms with Crippen LogP contribution in [0.4, 0.5) is 17.1 Å². The van der Waals surface area contributed by atoms with Gasteiger partial charge >= 0.3 is 0 Å². The maximum Gasteiger partial charge on any atom is 0.208 e. The SMILES string of the molecule is CCCCN(c1ccc(OC)cc1)c1ccc(/C(=C2\C=CC(=[N+](CCCC)c3ccc(OC)cc3)C(C)=C2)c2ccccc2S(=O)(=O)[O-])cc1C. The summed E-state index contributed by atoms with van der Waals surface area (Å²) >= 11 is 0. The van der Waals surface area contributed by atoms with Gasteiger partial charge < -0.3 is 18.9 Å². The number of unbranched alkanes of at least 4 members (excludes halogenated alkanes) is 2. The van der Waals surface area contributed by atoms with Gasteiger partial charge in [0.1, 0.15) is 28.2 Å². The van der Waals surface area contributed by atoms with Gasteiger partial charge in [0.15, 0.2) is 0 Å². The second kappa shape index (κ2) is 16.9. The lowest BCUT2D eigenvalue weighted by Crippen LogP contribution is -2.20. The molecule has 0 atom stereocenters. The fourth-order valence-electron chi connectivity index (χ4n) is 6.53. The van der Waals surface area contributed by atoms with Crippen LogP contribution in [0, 0.1) is 6.92 Å². The highest BCUT2D eigenvalue weighted by Gasteiger charge is 2.24. The normalized spacial score (nSPS) is 14.9. The summed E-state index contributed by atoms with van der Waals surface area (Å²) in [6.45, 7) is 10.2. The Morgan fingerprint density at radius 2 is 1.45 bits per heavy atom. The predicted octanol–water partition coefficient (Wildman–Crippen LogP) is 9.76. The molecule has 1 aliphatic carbocycles. The molecule has 0 heterocycles. The lowest BCUT2D eigenvalue weighted by molar-refractivity contribution is -0.440. The maximum atomic E-state index is 12.6. The quantitative estimate of drug-likeness (QED) is 0.0961. The van der Waals surface area contributed by atoms with Crippen molar-refractivity contribution in [3.63, 3.8) is 0 Å². The molecular weight excluding hydrogens is 657 g/mol. The van der Waals surface area contributed by atoms with Crippen molar-refractivity contribution >= 4 is 38.5 Å². The number of aryl methyl sites for hydroxylation is 1. The number of rotatable bonds is 14. The molecular formula is C43H48N2O5S. The number of ether oxygens (including phenoxy) is 2. The minimum absolute atomic E-state index is 0.242. The smallest absolute Gasteiger partial charge is 0.208 e. The van der Waals surface area contributed by atoms with Crippen molar-refractivity contribution in [2.75, 3.05) is 32.2 Å². The van der Waals surface area contributed by atoms with E-state index in [1.807, 2.05) is 36.4 Å². The van der Waals surface area contributed by atoms with Crippen LogP contribution in [-0.2, 0) is 10.1 Å². The van der Waals surface area contributed by atoms with Crippen molar-refractivity contribution in [3.05, 3.63) is 137 Å². The van der Waals surface area contributed by atoms with Crippen LogP contribution in [-0.4, -0.2) is 50.6 Å². The number of allylic oxidation sites excluding steroid dienone is 5. The molecule has 0 aromatic heterocycles. The van der Waals surface area contributed by atoms with Crippen LogP contribution in [0.1, 0.15) is 63.1 Å². The van der Waals surface area contributed by atoms with Crippen LogP contribution in [0.25, 0.3) is 5.57 Å². The number of hydrogen-bond donors (Lipinski definition) is 0. The molecule has 4 aromatic carbocycles. The molecule has 7 nitrogen and oxygen atoms in total. The molecule has 0 saturated carbocycles. The summed E-state index contributed by atoms with van der Waals surface area (Å²) in [6, 6.07) is 28.8. The number of methoxy groups -OCH3 is 2. The molecule has 4 aromatic rings. The Morgan fingerprint density at radius 3 is 2.04 bits per heavy atom. The molecule has 266 valence electrons. The van der Waals surface area contributed by atoms with E-state index in [1.165, 1.54) is 6.07 Å². The highest BCUT2D eigenvalue weighted by atomic mass is 32.2. The molecule has 1 aliphatic rings. The Bertz CT molecular complexity index is 2080. The molecule has 0 aliphatic heterocycles. The van der Waals surface area contributed by atoms with Crippen molar-refractivity contribution in [1.82, 2.24) is 0 Å². The Kier molecular flexibility index (Phi) is 12.3. The summed E-state index contributed by atoms with van der Waals surface area (Å²) in [5.74, 6) is 1.59. The first-order valence-corrected chi connectivity index (χ1v) is 19.0. The van der Waals surface area contributed by atoms with Gasteiger partial charge in [-0.3, -0.25) is 0 Å². The van der Waals surface area contributed by atoms with Crippen molar-refractivity contribution in [2.45, 2.75) is 58.3 Å². The predicted molar refractivity (Wildman–Crippen MR) is 207 cm³/mol. The van der Waals surface area contributed by atoms with Gasteiger partial charge in [-0.05, 0) is 109 Å². The maximum absolute atomic E-state index is 12.6. The zero-order chi connectivity index (χ0) is 36.5. The van der Waals surface area contributed by atoms with Gasteiger partial charge in [0, 0.05) is 53.7 Å². The lowest BCUT2D eigenvalue weighted by Gasteiger charge is -2.28. The highest BCUT2D eigenvalue weighted by Crippen LogP contribution is 2.38. The minimum Gasteiger partial charge on any atom is -0.744 e. The van der Waals surface area contributed by atoms with E-state index in [2.05, 4.69) is 85.7 Å². The molecule has 0 radical (unpaired) electrons. The van der Waals surface area contributed by atoms with Crippen molar-refractivity contribution < 1.29 is 27.0 Å². The summed E-state index contributed by atoms with van der Waals surface area (Å²) in [6.07, 6.45) is 10.3. The van der Waals surface area contributed by atoms with Gasteiger partial charge in [0.05, 0.1) is 19.1 Å². The van der Waals surface area contributed by atoms with Crippen molar-refractivity contribution in [3.8, 4) is 11.5 Å². The van der Waals surface area contributed by atoms with E-state index in [4.69, 9.17) is 9.47 Å². The van der Waals surface area contributed by atoms with E-state index in [9.17, 15) is 13.0 Å². The number of benzene rings is 4. The van der Waals surface area contributed by atoms with Crippen LogP contribution >= 0.6 is 0 Å². The molecule has 5 rings (SSSR count). The van der Waals surface area contributed by atoms with Crippen LogP contribution in [0.2, 0.25) is 0 Å². The fraction of sp³-hybridized carbons (Fsp3) is 0.279. The molecule has 0 saturated heterocycles. The van der Waals surface area contributed by atoms with Gasteiger partial charge in [0.25, 0.3) is 0 Å². The van der Waals surface area contributed by atoms with E-state index in [0.717, 1.165) is 95.3 Å². The first kappa shape index (κ1) is 37.3. The number of hydrogen-bond acceptors (Lipinski definition) is 6. The van der Waals surface area contributed by atoms with E-state index in [0.29, 0.717) is 11.1 Å². The molecule has 0 bridgehead atoms. The molecule has 51 heavy (non-hydrogen) atoms. The Labute approximate surface area is 303 Å². The molecule has 0 amide bonds. The average molecular weight is 705 g/mol. The summed E-state index contributed by atoms with van der Waals surface area (Å²) in [5.41, 5.74) is 8.98. The molecule has 0 fully saturated rings. The summed E-state index contributed by atoms with van der Waals surface area (Å²) < 4.78 is 51.1. The van der Waals surface area contributed by atoms with Crippen LogP contribution in [0.15, 0.2) is 125 Å². The Hall–Kier alpha value is -4.92. The first-order valence-electron chi connectivity index (χ1n) is 17.6. The largest absolute Gasteiger partial charge is 0.744 e. The first-order chi connectivity index (χ1) is 24.6. The van der Waals surface area contributed by atoms with Gasteiger partial charge in [-0.2, -0.15) is 4.58 Å². The second-order valence-electron chi connectivity index (χ2n) is 12.7. The molecule has 0 spiro atoms. The molecule has 8 heteroatoms. The second-order valence-corrected chi connectivity index (χ2v) is 14.1. The highest BCUT2D eigenvalue weighted by molar-refractivity contribution is 7.85. The van der Waals surface area contributed by atoms with Crippen molar-refractivity contribution in [2.24, 2.45) is 0 Å². The minimum atomic E-state index is -4.77. The Morgan fingerprint density at radius 1 is 0.804 bits per heavy atom. The van der Waals surface area contributed by atoms with Gasteiger partial charge in [-0.15, -0.1) is 0 Å². The number of anilines is 2. The molecule has 0 N–H and O–H groups in total. The fourth-order valence-corrected chi connectivity index (χ4v) is 7.22. The number of nitrogens with zero attached hydrogens (tertiary/aromatic N) is 2. The van der Waals surface area contributed by atoms with Crippen molar-refractivity contribution in [1.29, 1.82) is 0 Å². The summed E-state index contributed by atoms with van der Waals surface area (Å²) in [5, 5.41) is 0. The van der Waals surface area contributed by atoms with Crippen LogP contribution < -0.4 is 14.4 Å². The van der Waals surface area contributed by atoms with Gasteiger partial charge in [-0.1, -0.05) is 51.0 Å². The van der Waals surface area contributed by atoms with E-state index in [-0.39, 0.29) is 4.90 Å². The summed E-state index contributed by atoms with van der Waals surface area (Å²) in [7, 11) is -1.45. The summed E-state index contributed by atoms with van der Waals surface area (Å²) in [4.78, 5) is 2.06. The van der Waals surface area contributed by atoms with E-state index >= 15 is 0 Å². The van der Waals surface area contributed by atoms with E-state index < -0.39 is 10.1 Å². The zero-order valence-electron chi connectivity index (χ0n) is 30.5. The molecule has 0 unspecified atom stereocenters. The lowest BCUT2D eigenvalue weighted by atomic mass is 9.88. The third kappa shape index (κ3) is 8.70. The third-order valence-corrected chi connectivity index (χ3v) is 10.1. The van der Waals surface area contributed by atoms with Crippen LogP contribution in [0.5, 0.6) is 11.5 Å². The standard InChI is InChI=1S/C43H48N2O5S/c1-7-9-27-44(35-17-21-37(49-5)22-18-35)40-25-15-33(29-31(40)3)43(39-13-11-12-14-42(39)51(46,47)48)34-16-26-41(32(4)30-34)45(28-10-8-2)36-19-23-38(50-6)24-20-36/h11-26,29-30H,7-10,27-28H2,1-6H3. The average Bonchev–Trinajstić information content (AvgIpc) is 3.13. The monoisotopic (exact) mass is 704 g/mol. The van der Waals surface area contributed by atoms with Gasteiger partial charge in [0.2, 0.25) is 11.4 Å². The zero-order valence-corrected chi connectivity index (χ0v) is 31.3. The van der Waals surface area contributed by atoms with E-state index in [1.54, 1.807) is 32.4 Å².